The second kappa shape index (κ2) is 8.03. The van der Waals surface area contributed by atoms with Crippen LogP contribution in [0.15, 0.2) is 40.9 Å². The van der Waals surface area contributed by atoms with Crippen molar-refractivity contribution in [2.45, 2.75) is 51.0 Å². The van der Waals surface area contributed by atoms with E-state index < -0.39 is 5.97 Å². The number of carboxylic acids is 1. The maximum absolute atomic E-state index is 13.2. The zero-order valence-electron chi connectivity index (χ0n) is 16.2. The van der Waals surface area contributed by atoms with Gasteiger partial charge >= 0.3 is 5.97 Å². The van der Waals surface area contributed by atoms with Gasteiger partial charge in [-0.1, -0.05) is 35.5 Å². The average molecular weight is 393 g/mol. The number of carbonyl (C=O) groups excluding carboxylic acids is 1. The van der Waals surface area contributed by atoms with Crippen LogP contribution in [0.25, 0.3) is 11.1 Å². The number of hydrogen-bond acceptors (Lipinski definition) is 5. The number of carboxylic acid groups (broad SMARTS) is 1. The van der Waals surface area contributed by atoms with Gasteiger partial charge in [-0.25, -0.2) is 4.98 Å². The molecule has 3 aromatic rings. The SMILES string of the molecule is Cc1noc2nc(C3CC3)cc(C(=O)NC(CCC(=O)O)Cc3ccccc3)c12. The second-order valence-corrected chi connectivity index (χ2v) is 7.61. The van der Waals surface area contributed by atoms with Crippen LogP contribution < -0.4 is 5.32 Å². The topological polar surface area (TPSA) is 105 Å². The largest absolute Gasteiger partial charge is 0.481 e. The number of rotatable bonds is 8. The molecule has 1 amide bonds. The van der Waals surface area contributed by atoms with E-state index >= 15 is 0 Å². The van der Waals surface area contributed by atoms with Crippen LogP contribution in [0, 0.1) is 6.92 Å². The number of amides is 1. The van der Waals surface area contributed by atoms with Gasteiger partial charge in [0.05, 0.1) is 16.6 Å². The lowest BCUT2D eigenvalue weighted by Crippen LogP contribution is -2.37. The van der Waals surface area contributed by atoms with E-state index in [-0.39, 0.29) is 18.4 Å². The molecule has 0 spiro atoms. The molecule has 150 valence electrons. The number of hydrogen-bond donors (Lipinski definition) is 2. The summed E-state index contributed by atoms with van der Waals surface area (Å²) in [5, 5.41) is 16.7. The molecule has 7 heteroatoms. The molecule has 0 bridgehead atoms. The highest BCUT2D eigenvalue weighted by atomic mass is 16.5. The Morgan fingerprint density at radius 1 is 1.28 bits per heavy atom. The van der Waals surface area contributed by atoms with Gasteiger partial charge in [0, 0.05) is 24.1 Å². The van der Waals surface area contributed by atoms with Crippen LogP contribution >= 0.6 is 0 Å². The predicted octanol–water partition coefficient (Wildman–Crippen LogP) is 3.61. The summed E-state index contributed by atoms with van der Waals surface area (Å²) in [7, 11) is 0. The highest BCUT2D eigenvalue weighted by Gasteiger charge is 2.29. The maximum Gasteiger partial charge on any atom is 0.303 e. The van der Waals surface area contributed by atoms with Gasteiger partial charge in [-0.2, -0.15) is 0 Å². The van der Waals surface area contributed by atoms with Gasteiger partial charge in [0.15, 0.2) is 0 Å². The van der Waals surface area contributed by atoms with E-state index in [1.807, 2.05) is 36.4 Å². The first-order chi connectivity index (χ1) is 14.0. The number of nitrogens with zero attached hydrogens (tertiary/aromatic N) is 2. The number of aromatic nitrogens is 2. The number of benzene rings is 1. The van der Waals surface area contributed by atoms with E-state index in [4.69, 9.17) is 9.63 Å². The lowest BCUT2D eigenvalue weighted by atomic mass is 10.0. The number of aryl methyl sites for hydroxylation is 1. The number of nitrogens with one attached hydrogen (secondary N) is 1. The molecule has 1 fully saturated rings. The van der Waals surface area contributed by atoms with Crippen LogP contribution in [0.2, 0.25) is 0 Å². The molecule has 1 saturated carbocycles. The van der Waals surface area contributed by atoms with E-state index in [2.05, 4.69) is 15.5 Å². The highest BCUT2D eigenvalue weighted by molar-refractivity contribution is 6.06. The quantitative estimate of drug-likeness (QED) is 0.606. The zero-order valence-corrected chi connectivity index (χ0v) is 16.2. The summed E-state index contributed by atoms with van der Waals surface area (Å²) in [6.45, 7) is 1.78. The Morgan fingerprint density at radius 2 is 2.03 bits per heavy atom. The first kappa shape index (κ1) is 19.1. The molecular weight excluding hydrogens is 370 g/mol. The smallest absolute Gasteiger partial charge is 0.303 e. The van der Waals surface area contributed by atoms with E-state index in [1.165, 1.54) is 0 Å². The van der Waals surface area contributed by atoms with Crippen LogP contribution in [0.5, 0.6) is 0 Å². The average Bonchev–Trinajstić information content (AvgIpc) is 3.49. The zero-order chi connectivity index (χ0) is 20.4. The lowest BCUT2D eigenvalue weighted by molar-refractivity contribution is -0.137. The van der Waals surface area contributed by atoms with Gasteiger partial charge in [-0.3, -0.25) is 9.59 Å². The summed E-state index contributed by atoms with van der Waals surface area (Å²) in [6.07, 6.45) is 3.02. The minimum absolute atomic E-state index is 0.0108. The second-order valence-electron chi connectivity index (χ2n) is 7.61. The minimum Gasteiger partial charge on any atom is -0.481 e. The van der Waals surface area contributed by atoms with Gasteiger partial charge < -0.3 is 14.9 Å². The fourth-order valence-electron chi connectivity index (χ4n) is 3.57. The third-order valence-corrected chi connectivity index (χ3v) is 5.24. The van der Waals surface area contributed by atoms with Gasteiger partial charge in [0.2, 0.25) is 0 Å². The molecule has 1 unspecified atom stereocenters. The normalized spacial score (nSPS) is 14.7. The molecule has 0 aliphatic heterocycles. The van der Waals surface area contributed by atoms with Crippen molar-refractivity contribution >= 4 is 23.0 Å². The van der Waals surface area contributed by atoms with Crippen LogP contribution in [0.4, 0.5) is 0 Å². The molecule has 1 aliphatic rings. The van der Waals surface area contributed by atoms with Crippen molar-refractivity contribution in [2.24, 2.45) is 0 Å². The number of fused-ring (bicyclic) bond motifs is 1. The fourth-order valence-corrected chi connectivity index (χ4v) is 3.57. The number of pyridine rings is 1. The van der Waals surface area contributed by atoms with Crippen LogP contribution in [0.1, 0.15) is 58.9 Å². The molecule has 1 aliphatic carbocycles. The standard InChI is InChI=1S/C22H23N3O4/c1-13-20-17(12-18(15-7-8-15)24-22(20)29-25-13)21(28)23-16(9-10-19(26)27)11-14-5-3-2-4-6-14/h2-6,12,15-16H,7-11H2,1H3,(H,23,28)(H,26,27). The highest BCUT2D eigenvalue weighted by Crippen LogP contribution is 2.40. The molecule has 4 rings (SSSR count). The monoisotopic (exact) mass is 393 g/mol. The first-order valence-corrected chi connectivity index (χ1v) is 9.84. The van der Waals surface area contributed by atoms with Gasteiger partial charge in [-0.15, -0.1) is 0 Å². The minimum atomic E-state index is -0.880. The predicted molar refractivity (Wildman–Crippen MR) is 107 cm³/mol. The van der Waals surface area contributed by atoms with Crippen molar-refractivity contribution < 1.29 is 19.2 Å². The van der Waals surface area contributed by atoms with Crippen molar-refractivity contribution in [3.8, 4) is 0 Å². The Balaban J connectivity index is 1.61. The van der Waals surface area contributed by atoms with Gasteiger partial charge in [0.25, 0.3) is 11.6 Å². The third kappa shape index (κ3) is 4.45. The molecule has 29 heavy (non-hydrogen) atoms. The van der Waals surface area contributed by atoms with E-state index in [0.717, 1.165) is 24.1 Å². The van der Waals surface area contributed by atoms with Crippen LogP contribution in [-0.2, 0) is 11.2 Å². The van der Waals surface area contributed by atoms with E-state index in [0.29, 0.717) is 41.1 Å². The Labute approximate surface area is 168 Å². The van der Waals surface area contributed by atoms with Gasteiger partial charge in [0.1, 0.15) is 0 Å². The summed E-state index contributed by atoms with van der Waals surface area (Å²) in [5.74, 6) is -0.769. The van der Waals surface area contributed by atoms with E-state index in [1.54, 1.807) is 6.92 Å². The molecule has 2 heterocycles. The van der Waals surface area contributed by atoms with Crippen LogP contribution in [0.3, 0.4) is 0 Å². The van der Waals surface area contributed by atoms with Crippen LogP contribution in [-0.4, -0.2) is 33.2 Å². The molecule has 0 saturated heterocycles. The van der Waals surface area contributed by atoms with Crippen molar-refractivity contribution in [3.63, 3.8) is 0 Å². The summed E-state index contributed by atoms with van der Waals surface area (Å²) in [6, 6.07) is 11.3. The Morgan fingerprint density at radius 3 is 2.72 bits per heavy atom. The van der Waals surface area contributed by atoms with Crippen molar-refractivity contribution in [2.75, 3.05) is 0 Å². The molecular formula is C22H23N3O4. The molecule has 1 atom stereocenters. The molecule has 1 aromatic carbocycles. The van der Waals surface area contributed by atoms with Crippen molar-refractivity contribution in [3.05, 3.63) is 58.9 Å². The van der Waals surface area contributed by atoms with Crippen molar-refractivity contribution in [1.82, 2.24) is 15.5 Å². The Hall–Kier alpha value is -3.22. The molecule has 0 radical (unpaired) electrons. The first-order valence-electron chi connectivity index (χ1n) is 9.84. The fraction of sp³-hybridized carbons (Fsp3) is 0.364. The number of aliphatic carboxylic acids is 1. The molecule has 7 nitrogen and oxygen atoms in total. The molecule has 2 N–H and O–H groups in total. The van der Waals surface area contributed by atoms with E-state index in [9.17, 15) is 9.59 Å². The summed E-state index contributed by atoms with van der Waals surface area (Å²) in [5.41, 5.74) is 3.38. The maximum atomic E-state index is 13.2. The van der Waals surface area contributed by atoms with Crippen molar-refractivity contribution in [1.29, 1.82) is 0 Å². The summed E-state index contributed by atoms with van der Waals surface area (Å²) in [4.78, 5) is 28.8. The summed E-state index contributed by atoms with van der Waals surface area (Å²) < 4.78 is 5.32. The third-order valence-electron chi connectivity index (χ3n) is 5.24. The lowest BCUT2D eigenvalue weighted by Gasteiger charge is -2.19. The Bertz CT molecular complexity index is 1040. The summed E-state index contributed by atoms with van der Waals surface area (Å²) >= 11 is 0. The Kier molecular flexibility index (Phi) is 5.29. The van der Waals surface area contributed by atoms with Gasteiger partial charge in [-0.05, 0) is 44.2 Å². The number of carbonyl (C=O) groups is 2. The molecule has 2 aromatic heterocycles.